The van der Waals surface area contributed by atoms with Crippen LogP contribution in [0, 0.1) is 5.92 Å². The minimum atomic E-state index is -3.23. The zero-order chi connectivity index (χ0) is 33.2. The summed E-state index contributed by atoms with van der Waals surface area (Å²) in [6.45, 7) is 6.33. The number of piperidine rings is 1. The van der Waals surface area contributed by atoms with E-state index in [-0.39, 0.29) is 47.1 Å². The molecule has 2 unspecified atom stereocenters. The summed E-state index contributed by atoms with van der Waals surface area (Å²) in [4.78, 5) is 38.7. The molecule has 3 N–H and O–H groups in total. The van der Waals surface area contributed by atoms with Crippen LogP contribution < -0.4 is 20.7 Å². The van der Waals surface area contributed by atoms with Gasteiger partial charge in [-0.3, -0.25) is 9.59 Å². The van der Waals surface area contributed by atoms with Crippen LogP contribution in [-0.2, 0) is 17.1 Å². The summed E-state index contributed by atoms with van der Waals surface area (Å²) in [6.07, 6.45) is 3.40. The zero-order valence-corrected chi connectivity index (χ0v) is 27.2. The van der Waals surface area contributed by atoms with Crippen LogP contribution in [0.4, 0.5) is 26.2 Å². The zero-order valence-electron chi connectivity index (χ0n) is 27.2. The molecule has 10 nitrogen and oxygen atoms in total. The largest absolute Gasteiger partial charge is 0.495 e. The third kappa shape index (κ3) is 7.22. The quantitative estimate of drug-likeness (QED) is 0.273. The van der Waals surface area contributed by atoms with Crippen molar-refractivity contribution >= 4 is 29.3 Å². The molecule has 2 heterocycles. The number of fused-ring (bicyclic) bond motifs is 1. The second kappa shape index (κ2) is 13.6. The number of aromatic nitrogens is 2. The lowest BCUT2D eigenvalue weighted by Gasteiger charge is -2.33. The van der Waals surface area contributed by atoms with E-state index in [4.69, 9.17) is 4.74 Å². The molecule has 2 amide bonds. The van der Waals surface area contributed by atoms with E-state index in [1.54, 1.807) is 30.1 Å². The molecule has 3 aromatic rings. The van der Waals surface area contributed by atoms with Crippen molar-refractivity contribution < 1.29 is 23.1 Å². The van der Waals surface area contributed by atoms with Crippen molar-refractivity contribution in [3.63, 3.8) is 0 Å². The highest BCUT2D eigenvalue weighted by atomic mass is 19.3. The summed E-state index contributed by atoms with van der Waals surface area (Å²) in [6, 6.07) is 12.1. The highest BCUT2D eigenvalue weighted by Crippen LogP contribution is 2.40. The second-order valence-corrected chi connectivity index (χ2v) is 12.6. The molecule has 0 bridgehead atoms. The maximum Gasteiger partial charge on any atom is 0.275 e. The molecule has 2 aromatic carbocycles. The van der Waals surface area contributed by atoms with Gasteiger partial charge in [0.25, 0.3) is 11.8 Å². The van der Waals surface area contributed by atoms with Gasteiger partial charge in [0, 0.05) is 37.7 Å². The van der Waals surface area contributed by atoms with E-state index in [2.05, 4.69) is 37.9 Å². The Balaban J connectivity index is 1.40. The number of carbonyl (C=O) groups excluding carboxylic acids is 2. The van der Waals surface area contributed by atoms with Crippen LogP contribution in [0.15, 0.2) is 48.7 Å². The van der Waals surface area contributed by atoms with Crippen LogP contribution in [0.3, 0.4) is 0 Å². The lowest BCUT2D eigenvalue weighted by atomic mass is 10.0. The number of nitrogens with one attached hydrogen (secondary N) is 3. The van der Waals surface area contributed by atoms with Crippen molar-refractivity contribution in [2.45, 2.75) is 64.1 Å². The summed E-state index contributed by atoms with van der Waals surface area (Å²) in [5, 5.41) is 9.43. The molecular formula is C34H43F2N7O3. The van der Waals surface area contributed by atoms with Gasteiger partial charge in [0.2, 0.25) is 11.9 Å². The van der Waals surface area contributed by atoms with Gasteiger partial charge in [-0.2, -0.15) is 4.98 Å². The van der Waals surface area contributed by atoms with Gasteiger partial charge in [-0.1, -0.05) is 38.1 Å². The van der Waals surface area contributed by atoms with Crippen molar-refractivity contribution in [1.82, 2.24) is 25.1 Å². The molecule has 0 spiro atoms. The van der Waals surface area contributed by atoms with E-state index in [1.807, 2.05) is 38.1 Å². The van der Waals surface area contributed by atoms with Crippen molar-refractivity contribution in [3.8, 4) is 5.75 Å². The van der Waals surface area contributed by atoms with E-state index in [9.17, 15) is 18.4 Å². The monoisotopic (exact) mass is 635 g/mol. The molecule has 46 heavy (non-hydrogen) atoms. The van der Waals surface area contributed by atoms with Gasteiger partial charge >= 0.3 is 0 Å². The predicted octanol–water partition coefficient (Wildman–Crippen LogP) is 5.36. The first kappa shape index (κ1) is 33.1. The number of likely N-dealkylation sites (N-methyl/N-ethyl adjacent to an activating group) is 1. The Labute approximate surface area is 268 Å². The molecule has 1 fully saturated rings. The number of halogens is 2. The fourth-order valence-corrected chi connectivity index (χ4v) is 6.25. The lowest BCUT2D eigenvalue weighted by molar-refractivity contribution is -0.135. The van der Waals surface area contributed by atoms with Gasteiger partial charge in [-0.05, 0) is 68.7 Å². The third-order valence-corrected chi connectivity index (χ3v) is 8.80. The maximum absolute atomic E-state index is 14.9. The summed E-state index contributed by atoms with van der Waals surface area (Å²) in [5.41, 5.74) is 2.55. The number of methoxy groups -OCH3 is 1. The Kier molecular flexibility index (Phi) is 9.76. The molecule has 12 heteroatoms. The van der Waals surface area contributed by atoms with Gasteiger partial charge in [-0.25, -0.2) is 13.8 Å². The van der Waals surface area contributed by atoms with E-state index in [0.717, 1.165) is 50.2 Å². The fraction of sp³-hybridized carbons (Fsp3) is 0.471. The van der Waals surface area contributed by atoms with Crippen molar-refractivity contribution in [1.29, 1.82) is 0 Å². The molecule has 2 atom stereocenters. The lowest BCUT2D eigenvalue weighted by Crippen LogP contribution is -2.43. The molecular weight excluding hydrogens is 592 g/mol. The van der Waals surface area contributed by atoms with E-state index in [1.165, 1.54) is 7.11 Å². The molecule has 246 valence electrons. The highest BCUT2D eigenvalue weighted by molar-refractivity contribution is 5.95. The number of amides is 2. The molecule has 1 aromatic heterocycles. The fourth-order valence-electron chi connectivity index (χ4n) is 6.25. The van der Waals surface area contributed by atoms with Gasteiger partial charge < -0.3 is 30.5 Å². The first-order valence-electron chi connectivity index (χ1n) is 15.7. The molecule has 1 aliphatic heterocycles. The van der Waals surface area contributed by atoms with Crippen molar-refractivity contribution in [3.05, 3.63) is 70.9 Å². The van der Waals surface area contributed by atoms with Gasteiger partial charge in [0.15, 0.2) is 0 Å². The first-order chi connectivity index (χ1) is 21.8. The van der Waals surface area contributed by atoms with Crippen LogP contribution in [0.5, 0.6) is 5.75 Å². The van der Waals surface area contributed by atoms with Crippen LogP contribution in [0.1, 0.15) is 66.7 Å². The Hall–Kier alpha value is -4.32. The Morgan fingerprint density at radius 1 is 1.13 bits per heavy atom. The van der Waals surface area contributed by atoms with Crippen LogP contribution in [0.2, 0.25) is 0 Å². The van der Waals surface area contributed by atoms with E-state index >= 15 is 0 Å². The standard InChI is InChI=1S/C34H43F2N7O3/c1-20(2)32(45)43(5)29-24-10-8-7-9-21(24)17-27(29)39-30-25(34(3,35)36)19-37-33(41-30)40-26-12-11-22(18-28(26)46-6)31(44)38-23-13-15-42(4)16-14-23/h7-12,18-20,23,27,29H,13-17H2,1-6H3,(H,38,44)(H2,37,39,40,41). The number of carbonyl (C=O) groups is 2. The molecule has 0 radical (unpaired) electrons. The maximum atomic E-state index is 14.9. The molecule has 2 aliphatic rings. The Morgan fingerprint density at radius 2 is 1.85 bits per heavy atom. The molecule has 1 aliphatic carbocycles. The third-order valence-electron chi connectivity index (χ3n) is 8.80. The number of ether oxygens (including phenoxy) is 1. The van der Waals surface area contributed by atoms with Crippen LogP contribution in [0.25, 0.3) is 0 Å². The SMILES string of the molecule is COc1cc(C(=O)NC2CCN(C)CC2)ccc1Nc1ncc(C(C)(F)F)c(NC2Cc3ccccc3C2N(C)C(=O)C(C)C)n1. The number of rotatable bonds is 10. The number of nitrogens with zero attached hydrogens (tertiary/aromatic N) is 4. The molecule has 5 rings (SSSR count). The topological polar surface area (TPSA) is 112 Å². The first-order valence-corrected chi connectivity index (χ1v) is 15.7. The average Bonchev–Trinajstić information content (AvgIpc) is 3.38. The number of benzene rings is 2. The van der Waals surface area contributed by atoms with Crippen molar-refractivity contribution in [2.24, 2.45) is 5.92 Å². The summed E-state index contributed by atoms with van der Waals surface area (Å²) in [5.74, 6) is -3.30. The number of hydrogen-bond acceptors (Lipinski definition) is 8. The Bertz CT molecular complexity index is 1570. The van der Waals surface area contributed by atoms with E-state index < -0.39 is 12.0 Å². The van der Waals surface area contributed by atoms with Gasteiger partial charge in [0.1, 0.15) is 11.6 Å². The number of alkyl halides is 2. The molecule has 0 saturated carbocycles. The predicted molar refractivity (Wildman–Crippen MR) is 174 cm³/mol. The highest BCUT2D eigenvalue weighted by Gasteiger charge is 2.39. The summed E-state index contributed by atoms with van der Waals surface area (Å²) < 4.78 is 35.3. The summed E-state index contributed by atoms with van der Waals surface area (Å²) >= 11 is 0. The van der Waals surface area contributed by atoms with Crippen LogP contribution >= 0.6 is 0 Å². The number of likely N-dealkylation sites (tertiary alicyclic amines) is 1. The second-order valence-electron chi connectivity index (χ2n) is 12.6. The number of hydrogen-bond donors (Lipinski definition) is 3. The number of anilines is 3. The average molecular weight is 636 g/mol. The van der Waals surface area contributed by atoms with Crippen molar-refractivity contribution in [2.75, 3.05) is 44.9 Å². The van der Waals surface area contributed by atoms with E-state index in [0.29, 0.717) is 23.4 Å². The van der Waals surface area contributed by atoms with Crippen LogP contribution in [-0.4, -0.2) is 78.0 Å². The minimum absolute atomic E-state index is 0.0358. The Morgan fingerprint density at radius 3 is 2.52 bits per heavy atom. The van der Waals surface area contributed by atoms with Gasteiger partial charge in [-0.15, -0.1) is 0 Å². The molecule has 1 saturated heterocycles. The smallest absolute Gasteiger partial charge is 0.275 e. The minimum Gasteiger partial charge on any atom is -0.495 e. The normalized spacial score (nSPS) is 18.6. The summed E-state index contributed by atoms with van der Waals surface area (Å²) in [7, 11) is 5.30. The van der Waals surface area contributed by atoms with Gasteiger partial charge in [0.05, 0.1) is 30.4 Å².